The second-order valence-electron chi connectivity index (χ2n) is 7.98. The van der Waals surface area contributed by atoms with Crippen LogP contribution in [0, 0.1) is 0 Å². The number of aliphatic hydroxyl groups is 1. The van der Waals surface area contributed by atoms with Gasteiger partial charge in [0.05, 0.1) is 30.2 Å². The van der Waals surface area contributed by atoms with Crippen molar-refractivity contribution in [2.75, 3.05) is 20.2 Å². The molecule has 6 nitrogen and oxygen atoms in total. The summed E-state index contributed by atoms with van der Waals surface area (Å²) in [6.45, 7) is 7.00. The van der Waals surface area contributed by atoms with E-state index in [0.717, 1.165) is 16.0 Å². The molecule has 7 heteroatoms. The number of hydrogen-bond acceptors (Lipinski definition) is 6. The van der Waals surface area contributed by atoms with Crippen molar-refractivity contribution in [3.8, 4) is 11.1 Å². The minimum atomic E-state index is -0.605. The van der Waals surface area contributed by atoms with Gasteiger partial charge in [0.15, 0.2) is 0 Å². The van der Waals surface area contributed by atoms with Gasteiger partial charge in [-0.15, -0.1) is 11.3 Å². The van der Waals surface area contributed by atoms with E-state index in [1.165, 1.54) is 11.3 Å². The number of likely N-dealkylation sites (N-methyl/N-ethyl adjacent to an activating group) is 1. The number of nitrogens with one attached hydrogen (secondary N) is 1. The summed E-state index contributed by atoms with van der Waals surface area (Å²) >= 11 is 1.47. The number of rotatable bonds is 7. The molecule has 2 heterocycles. The van der Waals surface area contributed by atoms with Gasteiger partial charge in [-0.25, -0.2) is 4.98 Å². The Labute approximate surface area is 168 Å². The number of benzene rings is 1. The normalized spacial score (nSPS) is 13.4. The number of aromatic nitrogens is 2. The topological polar surface area (TPSA) is 78.5 Å². The average molecular weight is 402 g/mol. The van der Waals surface area contributed by atoms with Gasteiger partial charge in [0, 0.05) is 17.5 Å². The molecule has 1 aromatic carbocycles. The van der Waals surface area contributed by atoms with Gasteiger partial charge in [0.1, 0.15) is 10.7 Å². The number of aromatic amines is 1. The van der Waals surface area contributed by atoms with Crippen LogP contribution in [0.1, 0.15) is 26.6 Å². The number of hydrogen-bond donors (Lipinski definition) is 2. The number of ether oxygens (including phenoxy) is 1. The van der Waals surface area contributed by atoms with Gasteiger partial charge in [0.2, 0.25) is 0 Å². The van der Waals surface area contributed by atoms with E-state index < -0.39 is 6.10 Å². The largest absolute Gasteiger partial charge is 0.389 e. The summed E-state index contributed by atoms with van der Waals surface area (Å²) in [7, 11) is 1.88. The van der Waals surface area contributed by atoms with Gasteiger partial charge in [-0.05, 0) is 33.4 Å². The molecule has 0 aliphatic carbocycles. The van der Waals surface area contributed by atoms with E-state index in [4.69, 9.17) is 4.74 Å². The highest BCUT2D eigenvalue weighted by Gasteiger charge is 2.17. The van der Waals surface area contributed by atoms with E-state index in [1.54, 1.807) is 0 Å². The highest BCUT2D eigenvalue weighted by molar-refractivity contribution is 7.17. The first kappa shape index (κ1) is 20.7. The molecule has 2 N–H and O–H groups in total. The molecule has 0 bridgehead atoms. The van der Waals surface area contributed by atoms with Crippen molar-refractivity contribution in [2.24, 2.45) is 0 Å². The van der Waals surface area contributed by atoms with Crippen LogP contribution in [-0.2, 0) is 11.3 Å². The van der Waals surface area contributed by atoms with Gasteiger partial charge in [-0.1, -0.05) is 30.3 Å². The van der Waals surface area contributed by atoms with Crippen LogP contribution in [0.25, 0.3) is 21.3 Å². The third-order valence-electron chi connectivity index (χ3n) is 4.23. The van der Waals surface area contributed by atoms with Crippen LogP contribution < -0.4 is 5.56 Å². The second-order valence-corrected chi connectivity index (χ2v) is 8.84. The molecule has 0 amide bonds. The highest BCUT2D eigenvalue weighted by Crippen LogP contribution is 2.30. The molecule has 1 unspecified atom stereocenters. The SMILES string of the molecule is CN(Cc1nc2scc(-c3ccccc3)c2c(=O)[nH]1)CC(O)COC(C)(C)C. The van der Waals surface area contributed by atoms with Gasteiger partial charge in [-0.3, -0.25) is 9.69 Å². The predicted molar refractivity (Wildman–Crippen MR) is 114 cm³/mol. The van der Waals surface area contributed by atoms with Gasteiger partial charge in [-0.2, -0.15) is 0 Å². The van der Waals surface area contributed by atoms with Crippen LogP contribution in [0.2, 0.25) is 0 Å². The van der Waals surface area contributed by atoms with Crippen molar-refractivity contribution in [1.29, 1.82) is 0 Å². The molecule has 150 valence electrons. The fourth-order valence-electron chi connectivity index (χ4n) is 2.98. The molecule has 28 heavy (non-hydrogen) atoms. The van der Waals surface area contributed by atoms with Gasteiger partial charge >= 0.3 is 0 Å². The Morgan fingerprint density at radius 3 is 2.68 bits per heavy atom. The molecule has 2 aromatic heterocycles. The highest BCUT2D eigenvalue weighted by atomic mass is 32.1. The molecule has 0 aliphatic heterocycles. The Kier molecular flexibility index (Phi) is 6.30. The summed E-state index contributed by atoms with van der Waals surface area (Å²) < 4.78 is 5.62. The molecule has 0 fully saturated rings. The molecular weight excluding hydrogens is 374 g/mol. The van der Waals surface area contributed by atoms with Crippen LogP contribution in [-0.4, -0.2) is 51.9 Å². The van der Waals surface area contributed by atoms with E-state index in [9.17, 15) is 9.90 Å². The standard InChI is InChI=1S/C21H27N3O3S/c1-21(2,3)27-12-15(25)10-24(4)11-17-22-19(26)18-16(13-28-20(18)23-17)14-8-6-5-7-9-14/h5-9,13,15,25H,10-12H2,1-4H3,(H,22,23,26). The van der Waals surface area contributed by atoms with Crippen molar-refractivity contribution in [2.45, 2.75) is 39.0 Å². The zero-order valence-electron chi connectivity index (χ0n) is 16.7. The fraction of sp³-hybridized carbons (Fsp3) is 0.429. The first-order valence-electron chi connectivity index (χ1n) is 9.29. The molecule has 3 rings (SSSR count). The lowest BCUT2D eigenvalue weighted by atomic mass is 10.1. The van der Waals surface area contributed by atoms with E-state index in [-0.39, 0.29) is 17.8 Å². The summed E-state index contributed by atoms with van der Waals surface area (Å²) in [5.41, 5.74) is 1.49. The van der Waals surface area contributed by atoms with Crippen LogP contribution in [0.5, 0.6) is 0 Å². The van der Waals surface area contributed by atoms with Crippen molar-refractivity contribution in [3.63, 3.8) is 0 Å². The van der Waals surface area contributed by atoms with Crippen LogP contribution >= 0.6 is 11.3 Å². The maximum Gasteiger partial charge on any atom is 0.260 e. The lowest BCUT2D eigenvalue weighted by Crippen LogP contribution is -2.35. The second kappa shape index (κ2) is 8.53. The number of fused-ring (bicyclic) bond motifs is 1. The minimum absolute atomic E-state index is 0.134. The van der Waals surface area contributed by atoms with Crippen molar-refractivity contribution >= 4 is 21.6 Å². The zero-order chi connectivity index (χ0) is 20.3. The fourth-order valence-corrected chi connectivity index (χ4v) is 3.94. The predicted octanol–water partition coefficient (Wildman–Crippen LogP) is 3.26. The molecule has 3 aromatic rings. The Hall–Kier alpha value is -2.06. The van der Waals surface area contributed by atoms with Crippen molar-refractivity contribution in [3.05, 3.63) is 51.9 Å². The summed E-state index contributed by atoms with van der Waals surface area (Å²) in [5, 5.41) is 12.8. The zero-order valence-corrected chi connectivity index (χ0v) is 17.5. The Bertz CT molecular complexity index is 976. The van der Waals surface area contributed by atoms with Gasteiger partial charge < -0.3 is 14.8 Å². The molecular formula is C21H27N3O3S. The summed E-state index contributed by atoms with van der Waals surface area (Å²) in [5.74, 6) is 0.588. The van der Waals surface area contributed by atoms with E-state index in [1.807, 2.05) is 68.4 Å². The van der Waals surface area contributed by atoms with E-state index in [0.29, 0.717) is 24.3 Å². The average Bonchev–Trinajstić information content (AvgIpc) is 3.04. The summed E-state index contributed by atoms with van der Waals surface area (Å²) in [6, 6.07) is 9.85. The van der Waals surface area contributed by atoms with Crippen LogP contribution in [0.15, 0.2) is 40.5 Å². The van der Waals surface area contributed by atoms with Crippen LogP contribution in [0.3, 0.4) is 0 Å². The molecule has 0 saturated carbocycles. The van der Waals surface area contributed by atoms with E-state index in [2.05, 4.69) is 9.97 Å². The summed E-state index contributed by atoms with van der Waals surface area (Å²) in [4.78, 5) is 22.9. The molecule has 1 atom stereocenters. The third-order valence-corrected chi connectivity index (χ3v) is 5.10. The molecule has 0 radical (unpaired) electrons. The molecule has 0 aliphatic rings. The first-order chi connectivity index (χ1) is 13.2. The lowest BCUT2D eigenvalue weighted by molar-refractivity contribution is -0.0551. The smallest absolute Gasteiger partial charge is 0.260 e. The van der Waals surface area contributed by atoms with Crippen molar-refractivity contribution in [1.82, 2.24) is 14.9 Å². The maximum absolute atomic E-state index is 12.7. The third kappa shape index (κ3) is 5.26. The maximum atomic E-state index is 12.7. The number of thiophene rings is 1. The van der Waals surface area contributed by atoms with Crippen molar-refractivity contribution < 1.29 is 9.84 Å². The van der Waals surface area contributed by atoms with Gasteiger partial charge in [0.25, 0.3) is 5.56 Å². The summed E-state index contributed by atoms with van der Waals surface area (Å²) in [6.07, 6.45) is -0.605. The Balaban J connectivity index is 1.72. The number of nitrogens with zero attached hydrogens (tertiary/aromatic N) is 2. The van der Waals surface area contributed by atoms with Crippen LogP contribution in [0.4, 0.5) is 0 Å². The molecule has 0 saturated heterocycles. The van der Waals surface area contributed by atoms with E-state index >= 15 is 0 Å². The Morgan fingerprint density at radius 1 is 1.29 bits per heavy atom. The number of aliphatic hydroxyl groups excluding tert-OH is 1. The monoisotopic (exact) mass is 401 g/mol. The number of H-pyrrole nitrogens is 1. The molecule has 0 spiro atoms. The Morgan fingerprint density at radius 2 is 2.00 bits per heavy atom. The minimum Gasteiger partial charge on any atom is -0.389 e. The first-order valence-corrected chi connectivity index (χ1v) is 10.2. The lowest BCUT2D eigenvalue weighted by Gasteiger charge is -2.24. The quantitative estimate of drug-likeness (QED) is 0.635.